The summed E-state index contributed by atoms with van der Waals surface area (Å²) in [6.07, 6.45) is 2.18. The molecule has 37 heavy (non-hydrogen) atoms. The lowest BCUT2D eigenvalue weighted by atomic mass is 9.96. The highest BCUT2D eigenvalue weighted by molar-refractivity contribution is 7.89. The third-order valence-corrected chi connectivity index (χ3v) is 9.71. The molecule has 0 aliphatic carbocycles. The van der Waals surface area contributed by atoms with Gasteiger partial charge in [-0.25, -0.2) is 17.8 Å². The van der Waals surface area contributed by atoms with Gasteiger partial charge in [-0.2, -0.15) is 4.31 Å². The Kier molecular flexibility index (Phi) is 7.02. The molecule has 0 N–H and O–H groups in total. The summed E-state index contributed by atoms with van der Waals surface area (Å²) in [5.41, 5.74) is 1.71. The van der Waals surface area contributed by atoms with Crippen molar-refractivity contribution in [2.75, 3.05) is 25.1 Å². The van der Waals surface area contributed by atoms with Crippen molar-refractivity contribution in [2.24, 2.45) is 5.92 Å². The number of ether oxygens (including phenoxy) is 1. The number of halogens is 1. The second-order valence-electron chi connectivity index (χ2n) is 8.87. The molecular formula is C26H26FN3O5S2. The lowest BCUT2D eigenvalue weighted by Crippen LogP contribution is -2.44. The van der Waals surface area contributed by atoms with Crippen LogP contribution >= 0.6 is 11.3 Å². The molecule has 0 radical (unpaired) electrons. The maximum atomic E-state index is 14.2. The molecule has 11 heteroatoms. The Hall–Kier alpha value is -3.28. The number of thiazole rings is 1. The van der Waals surface area contributed by atoms with Crippen LogP contribution in [-0.2, 0) is 21.4 Å². The Morgan fingerprint density at radius 2 is 1.95 bits per heavy atom. The minimum absolute atomic E-state index is 0.119. The van der Waals surface area contributed by atoms with Crippen molar-refractivity contribution >= 4 is 42.6 Å². The summed E-state index contributed by atoms with van der Waals surface area (Å²) < 4.78 is 53.4. The highest BCUT2D eigenvalue weighted by Crippen LogP contribution is 2.38. The predicted molar refractivity (Wildman–Crippen MR) is 139 cm³/mol. The van der Waals surface area contributed by atoms with Crippen LogP contribution in [0.15, 0.2) is 64.1 Å². The first-order valence-corrected chi connectivity index (χ1v) is 14.1. The van der Waals surface area contributed by atoms with E-state index in [1.54, 1.807) is 30.4 Å². The monoisotopic (exact) mass is 543 g/mol. The van der Waals surface area contributed by atoms with Crippen LogP contribution in [0.5, 0.6) is 5.75 Å². The van der Waals surface area contributed by atoms with Crippen molar-refractivity contribution in [3.63, 3.8) is 0 Å². The molecule has 1 aliphatic rings. The van der Waals surface area contributed by atoms with Gasteiger partial charge in [-0.05, 0) is 55.7 Å². The van der Waals surface area contributed by atoms with E-state index < -0.39 is 21.8 Å². The third kappa shape index (κ3) is 4.86. The molecule has 0 unspecified atom stereocenters. The van der Waals surface area contributed by atoms with Crippen molar-refractivity contribution in [1.29, 1.82) is 0 Å². The van der Waals surface area contributed by atoms with Crippen LogP contribution < -0.4 is 9.64 Å². The first-order valence-electron chi connectivity index (χ1n) is 11.8. The summed E-state index contributed by atoms with van der Waals surface area (Å²) in [5, 5.41) is 0.519. The summed E-state index contributed by atoms with van der Waals surface area (Å²) in [4.78, 5) is 19.8. The summed E-state index contributed by atoms with van der Waals surface area (Å²) >= 11 is 1.40. The number of carbonyl (C=O) groups is 1. The molecule has 4 aromatic rings. The number of sulfonamides is 1. The number of fused-ring (bicyclic) bond motifs is 1. The van der Waals surface area contributed by atoms with Crippen molar-refractivity contribution in [1.82, 2.24) is 9.29 Å². The number of aromatic nitrogens is 1. The van der Waals surface area contributed by atoms with E-state index in [0.717, 1.165) is 16.3 Å². The molecule has 8 nitrogen and oxygen atoms in total. The van der Waals surface area contributed by atoms with E-state index in [-0.39, 0.29) is 30.4 Å². The molecule has 0 atom stereocenters. The van der Waals surface area contributed by atoms with Gasteiger partial charge in [-0.1, -0.05) is 29.5 Å². The third-order valence-electron chi connectivity index (χ3n) is 6.56. The van der Waals surface area contributed by atoms with E-state index in [9.17, 15) is 17.6 Å². The van der Waals surface area contributed by atoms with Gasteiger partial charge in [-0.3, -0.25) is 9.69 Å². The zero-order valence-electron chi connectivity index (χ0n) is 20.4. The van der Waals surface area contributed by atoms with E-state index in [2.05, 4.69) is 0 Å². The Bertz CT molecular complexity index is 1530. The summed E-state index contributed by atoms with van der Waals surface area (Å²) in [6.45, 7) is 2.41. The number of benzene rings is 2. The summed E-state index contributed by atoms with van der Waals surface area (Å²) in [5.74, 6) is -0.130. The van der Waals surface area contributed by atoms with E-state index in [0.29, 0.717) is 35.0 Å². The molecule has 1 saturated heterocycles. The largest absolute Gasteiger partial charge is 0.494 e. The summed E-state index contributed by atoms with van der Waals surface area (Å²) in [7, 11) is -2.41. The topological polar surface area (TPSA) is 93.0 Å². The van der Waals surface area contributed by atoms with Crippen LogP contribution in [-0.4, -0.2) is 43.8 Å². The van der Waals surface area contributed by atoms with E-state index in [4.69, 9.17) is 14.1 Å². The normalized spacial score (nSPS) is 15.2. The SMILES string of the molecule is COc1ccc(C)c2sc(N(Cc3ccco3)C(=O)C3CCN(S(=O)(=O)c4ccccc4F)CC3)nc12. The number of methoxy groups -OCH3 is 1. The Morgan fingerprint density at radius 3 is 2.62 bits per heavy atom. The molecule has 2 aromatic carbocycles. The minimum atomic E-state index is -3.99. The number of nitrogens with zero attached hydrogens (tertiary/aromatic N) is 3. The van der Waals surface area contributed by atoms with E-state index in [1.165, 1.54) is 33.8 Å². The Balaban J connectivity index is 1.40. The Labute approximate surface area is 218 Å². The lowest BCUT2D eigenvalue weighted by Gasteiger charge is -2.32. The van der Waals surface area contributed by atoms with Crippen LogP contribution in [0.25, 0.3) is 10.2 Å². The number of carbonyl (C=O) groups excluding carboxylic acids is 1. The molecule has 0 spiro atoms. The van der Waals surface area contributed by atoms with E-state index in [1.807, 2.05) is 19.1 Å². The van der Waals surface area contributed by atoms with E-state index >= 15 is 0 Å². The Morgan fingerprint density at radius 1 is 1.19 bits per heavy atom. The second-order valence-corrected chi connectivity index (χ2v) is 11.8. The maximum absolute atomic E-state index is 14.2. The van der Waals surface area contributed by atoms with Crippen molar-refractivity contribution in [3.8, 4) is 5.75 Å². The number of piperidine rings is 1. The molecule has 3 heterocycles. The average Bonchev–Trinajstić information content (AvgIpc) is 3.58. The van der Waals surface area contributed by atoms with Crippen molar-refractivity contribution in [3.05, 3.63) is 71.9 Å². The average molecular weight is 544 g/mol. The van der Waals surface area contributed by atoms with Gasteiger partial charge in [0.15, 0.2) is 5.13 Å². The number of hydrogen-bond acceptors (Lipinski definition) is 7. The van der Waals surface area contributed by atoms with Gasteiger partial charge in [-0.15, -0.1) is 0 Å². The molecule has 1 amide bonds. The van der Waals surface area contributed by atoms with Gasteiger partial charge in [0.05, 0.1) is 24.6 Å². The van der Waals surface area contributed by atoms with Gasteiger partial charge in [0, 0.05) is 19.0 Å². The fraction of sp³-hybridized carbons (Fsp3) is 0.308. The number of rotatable bonds is 7. The molecule has 0 saturated carbocycles. The molecule has 194 valence electrons. The number of furan rings is 1. The summed E-state index contributed by atoms with van der Waals surface area (Å²) in [6, 6.07) is 12.7. The van der Waals surface area contributed by atoms with Gasteiger partial charge in [0.2, 0.25) is 15.9 Å². The standard InChI is InChI=1S/C26H26FN3O5S2/c1-17-9-10-21(34-2)23-24(17)36-26(28-23)30(16-19-6-5-15-35-19)25(31)18-11-13-29(14-12-18)37(32,33)22-8-4-3-7-20(22)27/h3-10,15,18H,11-14,16H2,1-2H3. The zero-order chi connectivity index (χ0) is 26.2. The minimum Gasteiger partial charge on any atom is -0.494 e. The van der Waals surface area contributed by atoms with Crippen LogP contribution in [0.2, 0.25) is 0 Å². The highest BCUT2D eigenvalue weighted by Gasteiger charge is 2.36. The van der Waals surface area contributed by atoms with Crippen LogP contribution in [0, 0.1) is 18.7 Å². The molecule has 0 bridgehead atoms. The molecule has 2 aromatic heterocycles. The second kappa shape index (κ2) is 10.2. The fourth-order valence-corrected chi connectivity index (χ4v) is 7.12. The smallest absolute Gasteiger partial charge is 0.245 e. The number of amides is 1. The van der Waals surface area contributed by atoms with Crippen molar-refractivity contribution < 1.29 is 26.8 Å². The van der Waals surface area contributed by atoms with Crippen LogP contribution in [0.1, 0.15) is 24.2 Å². The van der Waals surface area contributed by atoms with Crippen molar-refractivity contribution in [2.45, 2.75) is 31.2 Å². The first-order chi connectivity index (χ1) is 17.8. The van der Waals surface area contributed by atoms with Crippen LogP contribution in [0.4, 0.5) is 9.52 Å². The molecule has 1 aliphatic heterocycles. The fourth-order valence-electron chi connectivity index (χ4n) is 4.53. The van der Waals surface area contributed by atoms with Gasteiger partial charge >= 0.3 is 0 Å². The molecule has 1 fully saturated rings. The zero-order valence-corrected chi connectivity index (χ0v) is 22.0. The number of hydrogen-bond donors (Lipinski definition) is 0. The predicted octanol–water partition coefficient (Wildman–Crippen LogP) is 4.98. The quantitative estimate of drug-likeness (QED) is 0.327. The number of aryl methyl sites for hydroxylation is 1. The first kappa shape index (κ1) is 25.4. The van der Waals surface area contributed by atoms with Gasteiger partial charge in [0.25, 0.3) is 0 Å². The highest BCUT2D eigenvalue weighted by atomic mass is 32.2. The number of anilines is 1. The van der Waals surface area contributed by atoms with Gasteiger partial charge < -0.3 is 9.15 Å². The van der Waals surface area contributed by atoms with Crippen LogP contribution in [0.3, 0.4) is 0 Å². The maximum Gasteiger partial charge on any atom is 0.245 e. The molecule has 5 rings (SSSR count). The molecular weight excluding hydrogens is 517 g/mol. The van der Waals surface area contributed by atoms with Gasteiger partial charge in [0.1, 0.15) is 27.7 Å². The lowest BCUT2D eigenvalue weighted by molar-refractivity contribution is -0.123.